The highest BCUT2D eigenvalue weighted by molar-refractivity contribution is 6.12. The first-order valence-corrected chi connectivity index (χ1v) is 15.2. The van der Waals surface area contributed by atoms with Crippen LogP contribution in [0.4, 0.5) is 11.4 Å². The zero-order chi connectivity index (χ0) is 32.4. The molecule has 4 heterocycles. The van der Waals surface area contributed by atoms with Gasteiger partial charge >= 0.3 is 11.9 Å². The number of hydrogen-bond acceptors (Lipinski definition) is 10. The van der Waals surface area contributed by atoms with E-state index in [2.05, 4.69) is 0 Å². The first kappa shape index (κ1) is 30.1. The van der Waals surface area contributed by atoms with Gasteiger partial charge in [-0.25, -0.2) is 0 Å². The van der Waals surface area contributed by atoms with Crippen LogP contribution in [-0.2, 0) is 39.9 Å². The molecule has 4 unspecified atom stereocenters. The van der Waals surface area contributed by atoms with Crippen molar-refractivity contribution < 1.29 is 48.3 Å². The molecule has 0 aliphatic carbocycles. The standard InChI is InChI=1S/C34H32N2O10/c1-3-43-15-13-35-23-11-7-5-9-21(23)33(41,31(35)39)27-19-17-26-20(18-25(19)45-29(27)37)28(30(38)46-26)34(42)22-10-6-8-12-24(22)36(32(34)40)14-16-44-4-2/h5-12,17-18,27-28,41-42H,3-4,13-16H2,1-2H3. The summed E-state index contributed by atoms with van der Waals surface area (Å²) in [6.45, 7) is 5.29. The topological polar surface area (TPSA) is 152 Å². The Morgan fingerprint density at radius 2 is 1.07 bits per heavy atom. The maximum absolute atomic E-state index is 13.9. The lowest BCUT2D eigenvalue weighted by molar-refractivity contribution is -0.150. The molecule has 7 rings (SSSR count). The van der Waals surface area contributed by atoms with Crippen molar-refractivity contribution in [3.8, 4) is 11.5 Å². The fourth-order valence-electron chi connectivity index (χ4n) is 7.12. The molecular weight excluding hydrogens is 596 g/mol. The summed E-state index contributed by atoms with van der Waals surface area (Å²) in [5.41, 5.74) is -3.01. The number of hydrogen-bond donors (Lipinski definition) is 2. The van der Waals surface area contributed by atoms with Crippen molar-refractivity contribution in [2.45, 2.75) is 36.9 Å². The summed E-state index contributed by atoms with van der Waals surface area (Å²) in [5.74, 6) is -6.17. The minimum atomic E-state index is -2.32. The second-order valence-electron chi connectivity index (χ2n) is 11.5. The van der Waals surface area contributed by atoms with Gasteiger partial charge in [0.2, 0.25) is 0 Å². The van der Waals surface area contributed by atoms with Gasteiger partial charge in [0.15, 0.2) is 11.2 Å². The molecule has 0 saturated carbocycles. The predicted molar refractivity (Wildman–Crippen MR) is 162 cm³/mol. The second kappa shape index (κ2) is 11.0. The summed E-state index contributed by atoms with van der Waals surface area (Å²) in [4.78, 5) is 57.6. The largest absolute Gasteiger partial charge is 0.426 e. The van der Waals surface area contributed by atoms with Gasteiger partial charge in [0.05, 0.1) is 24.6 Å². The Bertz CT molecular complexity index is 1660. The number of para-hydroxylation sites is 2. The van der Waals surface area contributed by atoms with E-state index in [1.165, 1.54) is 21.9 Å². The Labute approximate surface area is 264 Å². The van der Waals surface area contributed by atoms with Gasteiger partial charge in [-0.15, -0.1) is 0 Å². The Hall–Kier alpha value is -4.62. The highest BCUT2D eigenvalue weighted by Gasteiger charge is 2.63. The number of amides is 2. The van der Waals surface area contributed by atoms with Crippen molar-refractivity contribution in [3.05, 3.63) is 82.9 Å². The third-order valence-electron chi connectivity index (χ3n) is 9.17. The highest BCUT2D eigenvalue weighted by Crippen LogP contribution is 2.57. The average molecular weight is 629 g/mol. The third kappa shape index (κ3) is 4.07. The quantitative estimate of drug-likeness (QED) is 0.194. The molecular formula is C34H32N2O10. The number of benzene rings is 3. The molecule has 3 aromatic carbocycles. The monoisotopic (exact) mass is 628 g/mol. The Morgan fingerprint density at radius 3 is 1.46 bits per heavy atom. The second-order valence-corrected chi connectivity index (χ2v) is 11.5. The maximum atomic E-state index is 13.9. The number of nitrogens with zero attached hydrogens (tertiary/aromatic N) is 2. The lowest BCUT2D eigenvalue weighted by atomic mass is 9.76. The predicted octanol–water partition coefficient (Wildman–Crippen LogP) is 2.23. The van der Waals surface area contributed by atoms with E-state index in [4.69, 9.17) is 18.9 Å². The van der Waals surface area contributed by atoms with Crippen LogP contribution in [0.3, 0.4) is 0 Å². The van der Waals surface area contributed by atoms with Crippen LogP contribution in [-0.4, -0.2) is 73.5 Å². The number of fused-ring (bicyclic) bond motifs is 4. The van der Waals surface area contributed by atoms with Crippen LogP contribution >= 0.6 is 0 Å². The molecule has 4 aliphatic heterocycles. The van der Waals surface area contributed by atoms with Crippen molar-refractivity contribution in [1.29, 1.82) is 0 Å². The van der Waals surface area contributed by atoms with Gasteiger partial charge in [-0.05, 0) is 38.1 Å². The molecule has 0 radical (unpaired) electrons. The summed E-state index contributed by atoms with van der Waals surface area (Å²) in [6, 6.07) is 16.0. The fourth-order valence-corrected chi connectivity index (χ4v) is 7.12. The molecule has 0 spiro atoms. The maximum Gasteiger partial charge on any atom is 0.322 e. The number of rotatable bonds is 10. The van der Waals surface area contributed by atoms with Crippen molar-refractivity contribution in [2.75, 3.05) is 49.3 Å². The molecule has 3 aromatic rings. The van der Waals surface area contributed by atoms with Crippen LogP contribution in [0.15, 0.2) is 60.7 Å². The molecule has 0 saturated heterocycles. The SMILES string of the molecule is CCOCCN1C(=O)C(O)(C2C(=O)Oc3cc4c(cc32)OC(=O)C4C2(O)C(=O)N(CCOCC)c3ccccc32)c2ccccc21. The number of esters is 2. The molecule has 46 heavy (non-hydrogen) atoms. The Morgan fingerprint density at radius 1 is 0.674 bits per heavy atom. The minimum Gasteiger partial charge on any atom is -0.426 e. The third-order valence-corrected chi connectivity index (χ3v) is 9.17. The van der Waals surface area contributed by atoms with Crippen molar-refractivity contribution in [2.24, 2.45) is 0 Å². The molecule has 0 aromatic heterocycles. The van der Waals surface area contributed by atoms with Crippen LogP contribution in [0.2, 0.25) is 0 Å². The summed E-state index contributed by atoms with van der Waals surface area (Å²) in [6.07, 6.45) is 0. The summed E-state index contributed by atoms with van der Waals surface area (Å²) < 4.78 is 22.1. The molecule has 4 aliphatic rings. The van der Waals surface area contributed by atoms with Gasteiger partial charge in [-0.3, -0.25) is 19.2 Å². The molecule has 2 amide bonds. The van der Waals surface area contributed by atoms with Crippen LogP contribution in [0, 0.1) is 0 Å². The van der Waals surface area contributed by atoms with E-state index >= 15 is 0 Å². The summed E-state index contributed by atoms with van der Waals surface area (Å²) >= 11 is 0. The van der Waals surface area contributed by atoms with E-state index in [0.717, 1.165) is 0 Å². The minimum absolute atomic E-state index is 0.0148. The van der Waals surface area contributed by atoms with Crippen LogP contribution in [0.25, 0.3) is 0 Å². The van der Waals surface area contributed by atoms with Crippen LogP contribution in [0.1, 0.15) is 47.9 Å². The van der Waals surface area contributed by atoms with Gasteiger partial charge in [0, 0.05) is 48.6 Å². The molecule has 12 heteroatoms. The molecule has 12 nitrogen and oxygen atoms in total. The van der Waals surface area contributed by atoms with Crippen molar-refractivity contribution in [3.63, 3.8) is 0 Å². The molecule has 0 bridgehead atoms. The number of aliphatic hydroxyl groups is 2. The van der Waals surface area contributed by atoms with Gasteiger partial charge in [-0.2, -0.15) is 0 Å². The smallest absolute Gasteiger partial charge is 0.322 e. The first-order chi connectivity index (χ1) is 22.2. The molecule has 2 N–H and O–H groups in total. The molecule has 4 atom stereocenters. The lowest BCUT2D eigenvalue weighted by Crippen LogP contribution is -2.47. The van der Waals surface area contributed by atoms with Crippen molar-refractivity contribution in [1.82, 2.24) is 0 Å². The molecule has 238 valence electrons. The van der Waals surface area contributed by atoms with E-state index in [0.29, 0.717) is 24.6 Å². The number of carbonyl (C=O) groups excluding carboxylic acids is 4. The fraction of sp³-hybridized carbons (Fsp3) is 0.353. The van der Waals surface area contributed by atoms with Gasteiger partial charge in [-0.1, -0.05) is 36.4 Å². The summed E-state index contributed by atoms with van der Waals surface area (Å²) in [5, 5.41) is 24.3. The van der Waals surface area contributed by atoms with Gasteiger partial charge in [0.25, 0.3) is 11.8 Å². The van der Waals surface area contributed by atoms with Gasteiger partial charge in [0.1, 0.15) is 23.3 Å². The van der Waals surface area contributed by atoms with E-state index in [1.807, 2.05) is 13.8 Å². The zero-order valence-corrected chi connectivity index (χ0v) is 25.2. The molecule has 0 fully saturated rings. The number of ether oxygens (including phenoxy) is 4. The normalized spacial score (nSPS) is 25.8. The van der Waals surface area contributed by atoms with Crippen LogP contribution in [0.5, 0.6) is 11.5 Å². The lowest BCUT2D eigenvalue weighted by Gasteiger charge is -2.28. The average Bonchev–Trinajstić information content (AvgIpc) is 3.69. The van der Waals surface area contributed by atoms with E-state index in [9.17, 15) is 29.4 Å². The highest BCUT2D eigenvalue weighted by atomic mass is 16.6. The zero-order valence-electron chi connectivity index (χ0n) is 25.2. The Balaban J connectivity index is 1.28. The number of carbonyl (C=O) groups is 4. The first-order valence-electron chi connectivity index (χ1n) is 15.2. The summed E-state index contributed by atoms with van der Waals surface area (Å²) in [7, 11) is 0. The van der Waals surface area contributed by atoms with E-state index < -0.39 is 46.8 Å². The van der Waals surface area contributed by atoms with Crippen LogP contribution < -0.4 is 19.3 Å². The van der Waals surface area contributed by atoms with E-state index in [-0.39, 0.29) is 60.1 Å². The Kier molecular flexibility index (Phi) is 7.20. The van der Waals surface area contributed by atoms with E-state index in [1.54, 1.807) is 48.5 Å². The number of anilines is 2. The van der Waals surface area contributed by atoms with Crippen molar-refractivity contribution >= 4 is 35.1 Å². The van der Waals surface area contributed by atoms with Gasteiger partial charge < -0.3 is 39.0 Å².